The summed E-state index contributed by atoms with van der Waals surface area (Å²) in [4.78, 5) is 12.1. The van der Waals surface area contributed by atoms with Gasteiger partial charge in [-0.15, -0.1) is 0 Å². The van der Waals surface area contributed by atoms with Crippen molar-refractivity contribution in [3.63, 3.8) is 0 Å². The molecule has 0 unspecified atom stereocenters. The van der Waals surface area contributed by atoms with Gasteiger partial charge in [-0.25, -0.2) is 8.42 Å². The number of halogens is 2. The number of anilines is 1. The smallest absolute Gasteiger partial charge is 0.232 e. The van der Waals surface area contributed by atoms with Gasteiger partial charge in [0.15, 0.2) is 0 Å². The van der Waals surface area contributed by atoms with Crippen molar-refractivity contribution in [2.45, 2.75) is 26.7 Å². The molecule has 164 valence electrons. The highest BCUT2D eigenvalue weighted by Crippen LogP contribution is 2.35. The minimum atomic E-state index is -3.61. The first-order chi connectivity index (χ1) is 14.1. The summed E-state index contributed by atoms with van der Waals surface area (Å²) >= 11 is 12.3. The second-order valence-electron chi connectivity index (χ2n) is 6.98. The standard InChI is InChI=1S/C21H26Cl2N2O4S/c1-15-9-10-19(16(2)14-15)29-13-11-24-20(26)8-5-12-25(30(3,27)28)21-17(22)6-4-7-18(21)23/h4,6-7,9-10,14H,5,8,11-13H2,1-3H3,(H,24,26). The molecule has 0 aliphatic rings. The van der Waals surface area contributed by atoms with E-state index in [0.717, 1.165) is 27.4 Å². The van der Waals surface area contributed by atoms with Crippen molar-refractivity contribution in [3.8, 4) is 5.75 Å². The molecule has 0 atom stereocenters. The second-order valence-corrected chi connectivity index (χ2v) is 9.70. The Morgan fingerprint density at radius 3 is 2.40 bits per heavy atom. The number of nitrogens with one attached hydrogen (secondary N) is 1. The van der Waals surface area contributed by atoms with Crippen LogP contribution in [0.5, 0.6) is 5.75 Å². The highest BCUT2D eigenvalue weighted by atomic mass is 35.5. The molecule has 0 spiro atoms. The number of rotatable bonds is 10. The fraction of sp³-hybridized carbons (Fsp3) is 0.381. The van der Waals surface area contributed by atoms with Crippen LogP contribution in [0.2, 0.25) is 10.0 Å². The number of hydrogen-bond donors (Lipinski definition) is 1. The lowest BCUT2D eigenvalue weighted by Gasteiger charge is -2.24. The summed E-state index contributed by atoms with van der Waals surface area (Å²) in [6.45, 7) is 4.79. The zero-order valence-corrected chi connectivity index (χ0v) is 19.6. The van der Waals surface area contributed by atoms with Crippen LogP contribution in [-0.4, -0.2) is 40.3 Å². The Labute approximate surface area is 188 Å². The number of carbonyl (C=O) groups excluding carboxylic acids is 1. The van der Waals surface area contributed by atoms with Gasteiger partial charge >= 0.3 is 0 Å². The number of benzene rings is 2. The van der Waals surface area contributed by atoms with Crippen LogP contribution in [0.1, 0.15) is 24.0 Å². The van der Waals surface area contributed by atoms with Crippen molar-refractivity contribution in [1.29, 1.82) is 0 Å². The van der Waals surface area contributed by atoms with E-state index in [1.807, 2.05) is 32.0 Å². The van der Waals surface area contributed by atoms with Crippen LogP contribution in [0.3, 0.4) is 0 Å². The minimum absolute atomic E-state index is 0.0920. The van der Waals surface area contributed by atoms with E-state index in [1.54, 1.807) is 18.2 Å². The summed E-state index contributed by atoms with van der Waals surface area (Å²) in [5.41, 5.74) is 2.43. The third-order valence-electron chi connectivity index (χ3n) is 4.36. The number of ether oxygens (including phenoxy) is 1. The van der Waals surface area contributed by atoms with Gasteiger partial charge in [-0.1, -0.05) is 47.0 Å². The molecule has 0 aliphatic carbocycles. The minimum Gasteiger partial charge on any atom is -0.491 e. The van der Waals surface area contributed by atoms with Crippen LogP contribution in [0.15, 0.2) is 36.4 Å². The zero-order valence-electron chi connectivity index (χ0n) is 17.2. The Morgan fingerprint density at radius 2 is 1.80 bits per heavy atom. The monoisotopic (exact) mass is 472 g/mol. The van der Waals surface area contributed by atoms with Gasteiger partial charge in [0.1, 0.15) is 12.4 Å². The molecule has 0 aliphatic heterocycles. The number of sulfonamides is 1. The molecular formula is C21H26Cl2N2O4S. The zero-order chi connectivity index (χ0) is 22.3. The molecule has 1 amide bonds. The maximum atomic E-state index is 12.2. The van der Waals surface area contributed by atoms with Crippen molar-refractivity contribution in [3.05, 3.63) is 57.6 Å². The molecule has 0 fully saturated rings. The Kier molecular flexibility index (Phi) is 8.82. The van der Waals surface area contributed by atoms with E-state index >= 15 is 0 Å². The molecular weight excluding hydrogens is 447 g/mol. The van der Waals surface area contributed by atoms with Gasteiger partial charge < -0.3 is 10.1 Å². The third kappa shape index (κ3) is 7.07. The van der Waals surface area contributed by atoms with Crippen LogP contribution in [-0.2, 0) is 14.8 Å². The molecule has 9 heteroatoms. The third-order valence-corrected chi connectivity index (χ3v) is 6.14. The Hall–Kier alpha value is -1.96. The summed E-state index contributed by atoms with van der Waals surface area (Å²) in [5.74, 6) is 0.605. The van der Waals surface area contributed by atoms with Crippen LogP contribution in [0.4, 0.5) is 5.69 Å². The van der Waals surface area contributed by atoms with E-state index < -0.39 is 10.0 Å². The maximum Gasteiger partial charge on any atom is 0.232 e. The van der Waals surface area contributed by atoms with Gasteiger partial charge in [-0.3, -0.25) is 9.10 Å². The van der Waals surface area contributed by atoms with Crippen molar-refractivity contribution in [2.75, 3.05) is 30.3 Å². The molecule has 0 saturated heterocycles. The largest absolute Gasteiger partial charge is 0.491 e. The highest BCUT2D eigenvalue weighted by molar-refractivity contribution is 7.92. The summed E-state index contributed by atoms with van der Waals surface area (Å²) in [7, 11) is -3.61. The van der Waals surface area contributed by atoms with Crippen LogP contribution >= 0.6 is 23.2 Å². The van der Waals surface area contributed by atoms with E-state index in [4.69, 9.17) is 27.9 Å². The average molecular weight is 473 g/mol. The first-order valence-corrected chi connectivity index (χ1v) is 12.1. The van der Waals surface area contributed by atoms with Crippen molar-refractivity contribution >= 4 is 44.8 Å². The lowest BCUT2D eigenvalue weighted by atomic mass is 10.1. The molecule has 1 N–H and O–H groups in total. The number of carbonyl (C=O) groups is 1. The molecule has 2 rings (SSSR count). The van der Waals surface area contributed by atoms with Gasteiger partial charge in [-0.2, -0.15) is 0 Å². The van der Waals surface area contributed by atoms with Crippen molar-refractivity contribution in [2.24, 2.45) is 0 Å². The molecule has 0 bridgehead atoms. The number of para-hydroxylation sites is 1. The van der Waals surface area contributed by atoms with Gasteiger partial charge in [-0.05, 0) is 44.0 Å². The average Bonchev–Trinajstić information content (AvgIpc) is 2.64. The Bertz CT molecular complexity index is 976. The van der Waals surface area contributed by atoms with E-state index in [2.05, 4.69) is 5.32 Å². The molecule has 2 aromatic carbocycles. The van der Waals surface area contributed by atoms with E-state index in [-0.39, 0.29) is 34.6 Å². The van der Waals surface area contributed by atoms with Gasteiger partial charge in [0.25, 0.3) is 0 Å². The molecule has 2 aromatic rings. The van der Waals surface area contributed by atoms with E-state index in [1.165, 1.54) is 0 Å². The number of aryl methyl sites for hydroxylation is 2. The fourth-order valence-electron chi connectivity index (χ4n) is 2.96. The van der Waals surface area contributed by atoms with Gasteiger partial charge in [0.05, 0.1) is 28.5 Å². The number of hydrogen-bond acceptors (Lipinski definition) is 4. The quantitative estimate of drug-likeness (QED) is 0.521. The highest BCUT2D eigenvalue weighted by Gasteiger charge is 2.22. The molecule has 6 nitrogen and oxygen atoms in total. The Balaban J connectivity index is 1.82. The van der Waals surface area contributed by atoms with Gasteiger partial charge in [0, 0.05) is 13.0 Å². The molecule has 30 heavy (non-hydrogen) atoms. The first kappa shape index (κ1) is 24.3. The molecule has 0 heterocycles. The van der Waals surface area contributed by atoms with Gasteiger partial charge in [0.2, 0.25) is 15.9 Å². The molecule has 0 radical (unpaired) electrons. The summed E-state index contributed by atoms with van der Waals surface area (Å²) in [5, 5.41) is 3.25. The second kappa shape index (κ2) is 10.9. The van der Waals surface area contributed by atoms with Crippen LogP contribution < -0.4 is 14.4 Å². The predicted molar refractivity (Wildman–Crippen MR) is 122 cm³/mol. The first-order valence-electron chi connectivity index (χ1n) is 9.48. The maximum absolute atomic E-state index is 12.2. The predicted octanol–water partition coefficient (Wildman–Crippen LogP) is 4.35. The molecule has 0 aromatic heterocycles. The molecule has 0 saturated carbocycles. The van der Waals surface area contributed by atoms with Crippen molar-refractivity contribution < 1.29 is 17.9 Å². The lowest BCUT2D eigenvalue weighted by Crippen LogP contribution is -2.33. The lowest BCUT2D eigenvalue weighted by molar-refractivity contribution is -0.121. The normalized spacial score (nSPS) is 11.2. The summed E-state index contributed by atoms with van der Waals surface area (Å²) in [6.07, 6.45) is 1.56. The SMILES string of the molecule is Cc1ccc(OCCNC(=O)CCCN(c2c(Cl)cccc2Cl)S(C)(=O)=O)c(C)c1. The number of nitrogens with zero attached hydrogens (tertiary/aromatic N) is 1. The Morgan fingerprint density at radius 1 is 1.13 bits per heavy atom. The fourth-order valence-corrected chi connectivity index (χ4v) is 4.65. The van der Waals surface area contributed by atoms with Crippen molar-refractivity contribution in [1.82, 2.24) is 5.32 Å². The van der Waals surface area contributed by atoms with E-state index in [9.17, 15) is 13.2 Å². The summed E-state index contributed by atoms with van der Waals surface area (Å²) < 4.78 is 31.2. The van der Waals surface area contributed by atoms with E-state index in [0.29, 0.717) is 19.6 Å². The number of amides is 1. The topological polar surface area (TPSA) is 75.7 Å². The summed E-state index contributed by atoms with van der Waals surface area (Å²) in [6, 6.07) is 10.7. The van der Waals surface area contributed by atoms with Crippen LogP contribution in [0.25, 0.3) is 0 Å². The van der Waals surface area contributed by atoms with Crippen LogP contribution in [0, 0.1) is 13.8 Å².